The van der Waals surface area contributed by atoms with Gasteiger partial charge < -0.3 is 4.98 Å². The lowest BCUT2D eigenvalue weighted by molar-refractivity contribution is 1.27. The van der Waals surface area contributed by atoms with Crippen LogP contribution in [0.4, 0.5) is 0 Å². The van der Waals surface area contributed by atoms with Crippen molar-refractivity contribution in [2.45, 2.75) is 6.42 Å². The standard InChI is InChI=1S/C31H19Cl2N/c32-24-14-6-3-11-20(24)28-23-17-18-9-1-2-10-19(18)27(23)29(21-12-4-7-15-25(21)33)31-30(28)22-13-5-8-16-26(22)34-31/h1-16,34H,17H2. The summed E-state index contributed by atoms with van der Waals surface area (Å²) in [4.78, 5) is 3.76. The van der Waals surface area contributed by atoms with Gasteiger partial charge in [0.25, 0.3) is 0 Å². The van der Waals surface area contributed by atoms with E-state index in [1.54, 1.807) is 0 Å². The van der Waals surface area contributed by atoms with Gasteiger partial charge in [-0.05, 0) is 52.4 Å². The third kappa shape index (κ3) is 2.75. The van der Waals surface area contributed by atoms with Crippen molar-refractivity contribution < 1.29 is 0 Å². The number of aromatic nitrogens is 1. The first kappa shape index (κ1) is 19.9. The fourth-order valence-corrected chi connectivity index (χ4v) is 6.08. The van der Waals surface area contributed by atoms with Crippen LogP contribution in [-0.2, 0) is 6.42 Å². The van der Waals surface area contributed by atoms with Gasteiger partial charge in [-0.2, -0.15) is 0 Å². The van der Waals surface area contributed by atoms with E-state index in [-0.39, 0.29) is 0 Å². The molecular formula is C31H19Cl2N. The number of nitrogens with one attached hydrogen (secondary N) is 1. The first-order valence-electron chi connectivity index (χ1n) is 11.4. The smallest absolute Gasteiger partial charge is 0.0557 e. The second-order valence-corrected chi connectivity index (χ2v) is 9.63. The molecule has 162 valence electrons. The Balaban J connectivity index is 1.77. The van der Waals surface area contributed by atoms with E-state index in [0.717, 1.165) is 44.2 Å². The first-order chi connectivity index (χ1) is 16.7. The molecule has 0 saturated heterocycles. The van der Waals surface area contributed by atoms with Crippen molar-refractivity contribution in [1.29, 1.82) is 0 Å². The molecule has 5 aromatic carbocycles. The lowest BCUT2D eigenvalue weighted by Crippen LogP contribution is -1.95. The molecule has 1 aliphatic carbocycles. The summed E-state index contributed by atoms with van der Waals surface area (Å²) in [6.45, 7) is 0. The minimum absolute atomic E-state index is 0.750. The van der Waals surface area contributed by atoms with Gasteiger partial charge in [-0.25, -0.2) is 0 Å². The van der Waals surface area contributed by atoms with Crippen LogP contribution in [0.25, 0.3) is 55.2 Å². The number of rotatable bonds is 2. The molecule has 0 atom stereocenters. The summed E-state index contributed by atoms with van der Waals surface area (Å²) < 4.78 is 0. The molecule has 6 aromatic rings. The Morgan fingerprint density at radius 3 is 1.88 bits per heavy atom. The van der Waals surface area contributed by atoms with E-state index < -0.39 is 0 Å². The molecule has 0 spiro atoms. The van der Waals surface area contributed by atoms with Gasteiger partial charge in [0.1, 0.15) is 0 Å². The number of H-pyrrole nitrogens is 1. The number of hydrogen-bond acceptors (Lipinski definition) is 0. The molecule has 0 aliphatic heterocycles. The Morgan fingerprint density at radius 1 is 0.559 bits per heavy atom. The molecule has 7 rings (SSSR count). The summed E-state index contributed by atoms with van der Waals surface area (Å²) in [6.07, 6.45) is 0.860. The topological polar surface area (TPSA) is 15.8 Å². The largest absolute Gasteiger partial charge is 0.354 e. The number of benzene rings is 5. The summed E-state index contributed by atoms with van der Waals surface area (Å²) in [5, 5.41) is 3.90. The van der Waals surface area contributed by atoms with Crippen molar-refractivity contribution in [3.05, 3.63) is 118 Å². The van der Waals surface area contributed by atoms with E-state index in [2.05, 4.69) is 77.8 Å². The maximum absolute atomic E-state index is 6.84. The molecule has 0 radical (unpaired) electrons. The van der Waals surface area contributed by atoms with Crippen LogP contribution in [0.3, 0.4) is 0 Å². The highest BCUT2D eigenvalue weighted by atomic mass is 35.5. The van der Waals surface area contributed by atoms with Crippen LogP contribution in [0.5, 0.6) is 0 Å². The summed E-state index contributed by atoms with van der Waals surface area (Å²) in [6, 6.07) is 33.5. The lowest BCUT2D eigenvalue weighted by Gasteiger charge is -2.19. The van der Waals surface area contributed by atoms with Crippen LogP contribution in [0.1, 0.15) is 11.1 Å². The summed E-state index contributed by atoms with van der Waals surface area (Å²) in [5.74, 6) is 0. The van der Waals surface area contributed by atoms with Crippen molar-refractivity contribution in [2.75, 3.05) is 0 Å². The molecule has 1 N–H and O–H groups in total. The predicted octanol–water partition coefficient (Wildman–Crippen LogP) is 9.53. The average molecular weight is 476 g/mol. The Labute approximate surface area is 207 Å². The second kappa shape index (κ2) is 7.50. The van der Waals surface area contributed by atoms with Gasteiger partial charge in [-0.3, -0.25) is 0 Å². The summed E-state index contributed by atoms with van der Waals surface area (Å²) in [7, 11) is 0. The molecular weight excluding hydrogens is 457 g/mol. The Hall–Kier alpha value is -3.52. The molecule has 0 saturated carbocycles. The molecule has 0 bridgehead atoms. The lowest BCUT2D eigenvalue weighted by atomic mass is 9.85. The molecule has 0 amide bonds. The summed E-state index contributed by atoms with van der Waals surface area (Å²) in [5.41, 5.74) is 11.8. The van der Waals surface area contributed by atoms with Crippen LogP contribution in [0.15, 0.2) is 97.1 Å². The van der Waals surface area contributed by atoms with E-state index in [9.17, 15) is 0 Å². The fraction of sp³-hybridized carbons (Fsp3) is 0.0323. The molecule has 0 fully saturated rings. The highest BCUT2D eigenvalue weighted by Crippen LogP contribution is 2.54. The predicted molar refractivity (Wildman–Crippen MR) is 145 cm³/mol. The van der Waals surface area contributed by atoms with Crippen molar-refractivity contribution in [3.8, 4) is 33.4 Å². The number of para-hydroxylation sites is 1. The van der Waals surface area contributed by atoms with E-state index in [1.165, 1.54) is 38.6 Å². The maximum atomic E-state index is 6.84. The van der Waals surface area contributed by atoms with Gasteiger partial charge in [0.15, 0.2) is 0 Å². The SMILES string of the molecule is Clc1ccccc1-c1c2c(c(-c3ccccc3Cl)c3c1[nH]c1ccccc13)Cc1ccccc1-2. The fourth-order valence-electron chi connectivity index (χ4n) is 5.62. The monoisotopic (exact) mass is 475 g/mol. The summed E-state index contributed by atoms with van der Waals surface area (Å²) >= 11 is 13.7. The van der Waals surface area contributed by atoms with E-state index in [4.69, 9.17) is 23.2 Å². The van der Waals surface area contributed by atoms with Gasteiger partial charge in [0.2, 0.25) is 0 Å². The average Bonchev–Trinajstić information content (AvgIpc) is 3.43. The van der Waals surface area contributed by atoms with Crippen LogP contribution in [-0.4, -0.2) is 4.98 Å². The molecule has 1 aromatic heterocycles. The molecule has 1 heterocycles. The quantitative estimate of drug-likeness (QED) is 0.256. The van der Waals surface area contributed by atoms with Crippen LogP contribution in [0.2, 0.25) is 10.0 Å². The minimum Gasteiger partial charge on any atom is -0.354 e. The third-order valence-corrected chi connectivity index (χ3v) is 7.66. The number of halogens is 2. The second-order valence-electron chi connectivity index (χ2n) is 8.82. The van der Waals surface area contributed by atoms with Gasteiger partial charge >= 0.3 is 0 Å². The molecule has 1 nitrogen and oxygen atoms in total. The Bertz CT molecular complexity index is 1760. The van der Waals surface area contributed by atoms with Crippen molar-refractivity contribution in [1.82, 2.24) is 4.98 Å². The Kier molecular flexibility index (Phi) is 4.39. The van der Waals surface area contributed by atoms with Crippen molar-refractivity contribution >= 4 is 45.0 Å². The van der Waals surface area contributed by atoms with Crippen molar-refractivity contribution in [2.24, 2.45) is 0 Å². The van der Waals surface area contributed by atoms with E-state index >= 15 is 0 Å². The van der Waals surface area contributed by atoms with Crippen LogP contribution < -0.4 is 0 Å². The van der Waals surface area contributed by atoms with Crippen molar-refractivity contribution in [3.63, 3.8) is 0 Å². The number of aromatic amines is 1. The van der Waals surface area contributed by atoms with E-state index in [1.807, 2.05) is 24.3 Å². The van der Waals surface area contributed by atoms with Gasteiger partial charge in [0, 0.05) is 43.0 Å². The minimum atomic E-state index is 0.750. The van der Waals surface area contributed by atoms with Gasteiger partial charge in [0.05, 0.1) is 5.52 Å². The first-order valence-corrected chi connectivity index (χ1v) is 12.2. The zero-order valence-electron chi connectivity index (χ0n) is 18.2. The molecule has 34 heavy (non-hydrogen) atoms. The van der Waals surface area contributed by atoms with Gasteiger partial charge in [-0.1, -0.05) is 102 Å². The molecule has 3 heteroatoms. The Morgan fingerprint density at radius 2 is 1.15 bits per heavy atom. The normalized spacial score (nSPS) is 12.3. The maximum Gasteiger partial charge on any atom is 0.0557 e. The van der Waals surface area contributed by atoms with Crippen LogP contribution >= 0.6 is 23.2 Å². The zero-order chi connectivity index (χ0) is 22.8. The third-order valence-electron chi connectivity index (χ3n) is 7.00. The number of hydrogen-bond donors (Lipinski definition) is 1. The van der Waals surface area contributed by atoms with Gasteiger partial charge in [-0.15, -0.1) is 0 Å². The van der Waals surface area contributed by atoms with Crippen LogP contribution in [0, 0.1) is 0 Å². The zero-order valence-corrected chi connectivity index (χ0v) is 19.7. The highest BCUT2D eigenvalue weighted by Gasteiger charge is 2.31. The number of fused-ring (bicyclic) bond motifs is 6. The molecule has 0 unspecified atom stereocenters. The highest BCUT2D eigenvalue weighted by molar-refractivity contribution is 6.36. The molecule has 1 aliphatic rings. The van der Waals surface area contributed by atoms with E-state index in [0.29, 0.717) is 0 Å².